The largest absolute Gasteiger partial charge is 0.433 e. The molecule has 0 radical (unpaired) electrons. The predicted molar refractivity (Wildman–Crippen MR) is 91.8 cm³/mol. The zero-order valence-electron chi connectivity index (χ0n) is 14.7. The highest BCUT2D eigenvalue weighted by Gasteiger charge is 2.35. The van der Waals surface area contributed by atoms with E-state index in [4.69, 9.17) is 0 Å². The van der Waals surface area contributed by atoms with Gasteiger partial charge in [0, 0.05) is 36.3 Å². The van der Waals surface area contributed by atoms with E-state index in [-0.39, 0.29) is 17.4 Å². The first-order valence-corrected chi connectivity index (χ1v) is 8.71. The lowest BCUT2D eigenvalue weighted by Gasteiger charge is -2.16. The van der Waals surface area contributed by atoms with Gasteiger partial charge < -0.3 is 0 Å². The number of aryl methyl sites for hydroxylation is 1. The van der Waals surface area contributed by atoms with E-state index in [0.29, 0.717) is 30.0 Å². The summed E-state index contributed by atoms with van der Waals surface area (Å²) in [7, 11) is 0. The van der Waals surface area contributed by atoms with Gasteiger partial charge in [-0.3, -0.25) is 4.90 Å². The van der Waals surface area contributed by atoms with E-state index in [0.717, 1.165) is 23.5 Å². The quantitative estimate of drug-likeness (QED) is 0.641. The van der Waals surface area contributed by atoms with Crippen LogP contribution < -0.4 is 0 Å². The fraction of sp³-hybridized carbons (Fsp3) is 0.368. The van der Waals surface area contributed by atoms with Crippen molar-refractivity contribution in [3.8, 4) is 0 Å². The van der Waals surface area contributed by atoms with Gasteiger partial charge in [0.2, 0.25) is 0 Å². The molecule has 0 aliphatic carbocycles. The van der Waals surface area contributed by atoms with Gasteiger partial charge in [0.15, 0.2) is 5.65 Å². The van der Waals surface area contributed by atoms with Gasteiger partial charge in [-0.1, -0.05) is 18.2 Å². The van der Waals surface area contributed by atoms with E-state index in [1.165, 1.54) is 13.0 Å². The predicted octanol–water partition coefficient (Wildman–Crippen LogP) is 4.19. The van der Waals surface area contributed by atoms with Crippen molar-refractivity contribution in [2.75, 3.05) is 13.1 Å². The molecule has 1 aromatic carbocycles. The third-order valence-corrected chi connectivity index (χ3v) is 4.91. The van der Waals surface area contributed by atoms with Gasteiger partial charge in [-0.05, 0) is 32.0 Å². The second-order valence-electron chi connectivity index (χ2n) is 6.93. The highest BCUT2D eigenvalue weighted by molar-refractivity contribution is 5.43. The molecule has 1 aliphatic heterocycles. The average molecular weight is 378 g/mol. The van der Waals surface area contributed by atoms with Gasteiger partial charge in [0.1, 0.15) is 11.5 Å². The molecule has 1 aliphatic rings. The number of nitrogens with zero attached hydrogens (tertiary/aromatic N) is 4. The van der Waals surface area contributed by atoms with Crippen molar-refractivity contribution in [1.82, 2.24) is 19.5 Å². The lowest BCUT2D eigenvalue weighted by atomic mass is 10.1. The Labute approximate surface area is 153 Å². The molecule has 0 bridgehead atoms. The van der Waals surface area contributed by atoms with Gasteiger partial charge in [0.25, 0.3) is 0 Å². The molecule has 27 heavy (non-hydrogen) atoms. The molecule has 4 rings (SSSR count). The lowest BCUT2D eigenvalue weighted by molar-refractivity contribution is -0.142. The number of hydrogen-bond donors (Lipinski definition) is 0. The summed E-state index contributed by atoms with van der Waals surface area (Å²) in [6, 6.07) is 9.24. The smallest absolute Gasteiger partial charge is 0.298 e. The Hall–Kier alpha value is -2.48. The minimum atomic E-state index is -4.50. The molecule has 1 atom stereocenters. The molecule has 0 amide bonds. The number of likely N-dealkylation sites (tertiary alicyclic amines) is 1. The Morgan fingerprint density at radius 2 is 1.96 bits per heavy atom. The standard InChI is InChI=1S/C19H18F4N4/c1-12-8-17(19(21,22)23)27-18(24-12)9-16(25-27)14-6-7-26(11-14)10-13-4-2-3-5-15(13)20/h2-5,8-9,14H,6-7,10-11H2,1H3/t14-/m1/s1. The minimum Gasteiger partial charge on any atom is -0.298 e. The third kappa shape index (κ3) is 3.53. The van der Waals surface area contributed by atoms with Gasteiger partial charge in [0.05, 0.1) is 5.69 Å². The summed E-state index contributed by atoms with van der Waals surface area (Å²) < 4.78 is 54.6. The molecule has 0 N–H and O–H groups in total. The summed E-state index contributed by atoms with van der Waals surface area (Å²) in [5, 5.41) is 4.19. The molecule has 3 heterocycles. The van der Waals surface area contributed by atoms with Crippen molar-refractivity contribution in [2.24, 2.45) is 0 Å². The van der Waals surface area contributed by atoms with E-state index >= 15 is 0 Å². The van der Waals surface area contributed by atoms with Crippen molar-refractivity contribution < 1.29 is 17.6 Å². The van der Waals surface area contributed by atoms with Crippen LogP contribution in [-0.4, -0.2) is 32.6 Å². The van der Waals surface area contributed by atoms with Crippen LogP contribution in [0, 0.1) is 12.7 Å². The monoisotopic (exact) mass is 378 g/mol. The number of aromatic nitrogens is 3. The van der Waals surface area contributed by atoms with E-state index in [9.17, 15) is 17.6 Å². The first-order valence-electron chi connectivity index (χ1n) is 8.71. The molecule has 0 spiro atoms. The number of fused-ring (bicyclic) bond motifs is 1. The summed E-state index contributed by atoms with van der Waals surface area (Å²) in [4.78, 5) is 6.27. The van der Waals surface area contributed by atoms with Gasteiger partial charge in [-0.25, -0.2) is 13.9 Å². The van der Waals surface area contributed by atoms with Crippen LogP contribution in [0.25, 0.3) is 5.65 Å². The summed E-state index contributed by atoms with van der Waals surface area (Å²) in [5.74, 6) is -0.247. The zero-order valence-corrected chi connectivity index (χ0v) is 14.7. The molecule has 142 valence electrons. The number of alkyl halides is 3. The third-order valence-electron chi connectivity index (χ3n) is 4.91. The first-order chi connectivity index (χ1) is 12.8. The van der Waals surface area contributed by atoms with Crippen molar-refractivity contribution in [1.29, 1.82) is 0 Å². The molecule has 0 unspecified atom stereocenters. The van der Waals surface area contributed by atoms with Crippen molar-refractivity contribution in [3.05, 3.63) is 64.9 Å². The Morgan fingerprint density at radius 1 is 1.19 bits per heavy atom. The van der Waals surface area contributed by atoms with Crippen LogP contribution >= 0.6 is 0 Å². The fourth-order valence-electron chi connectivity index (χ4n) is 3.60. The molecular formula is C19H18F4N4. The summed E-state index contributed by atoms with van der Waals surface area (Å²) in [5.41, 5.74) is 0.885. The minimum absolute atomic E-state index is 0.000127. The summed E-state index contributed by atoms with van der Waals surface area (Å²) >= 11 is 0. The number of benzene rings is 1. The van der Waals surface area contributed by atoms with Crippen LogP contribution in [0.2, 0.25) is 0 Å². The molecular weight excluding hydrogens is 360 g/mol. The Bertz CT molecular complexity index is 979. The van der Waals surface area contributed by atoms with E-state index in [1.807, 2.05) is 0 Å². The van der Waals surface area contributed by atoms with Crippen LogP contribution in [0.5, 0.6) is 0 Å². The highest BCUT2D eigenvalue weighted by Crippen LogP contribution is 2.32. The van der Waals surface area contributed by atoms with Crippen molar-refractivity contribution >= 4 is 5.65 Å². The van der Waals surface area contributed by atoms with Crippen molar-refractivity contribution in [2.45, 2.75) is 32.0 Å². The van der Waals surface area contributed by atoms with Crippen LogP contribution in [0.15, 0.2) is 36.4 Å². The van der Waals surface area contributed by atoms with Crippen molar-refractivity contribution in [3.63, 3.8) is 0 Å². The topological polar surface area (TPSA) is 33.4 Å². The normalized spacial score (nSPS) is 18.5. The van der Waals surface area contributed by atoms with E-state index in [2.05, 4.69) is 15.0 Å². The van der Waals surface area contributed by atoms with Crippen LogP contribution in [0.4, 0.5) is 17.6 Å². The molecule has 8 heteroatoms. The first kappa shape index (κ1) is 17.9. The lowest BCUT2D eigenvalue weighted by Crippen LogP contribution is -2.20. The number of halogens is 4. The number of hydrogen-bond acceptors (Lipinski definition) is 3. The molecule has 0 saturated carbocycles. The Morgan fingerprint density at radius 3 is 2.70 bits per heavy atom. The maximum Gasteiger partial charge on any atom is 0.433 e. The van der Waals surface area contributed by atoms with Gasteiger partial charge in [-0.15, -0.1) is 0 Å². The van der Waals surface area contributed by atoms with Gasteiger partial charge >= 0.3 is 6.18 Å². The van der Waals surface area contributed by atoms with Crippen LogP contribution in [0.1, 0.15) is 35.0 Å². The van der Waals surface area contributed by atoms with E-state index in [1.54, 1.807) is 24.3 Å². The van der Waals surface area contributed by atoms with Gasteiger partial charge in [-0.2, -0.15) is 18.3 Å². The fourth-order valence-corrected chi connectivity index (χ4v) is 3.60. The SMILES string of the molecule is Cc1cc(C(F)(F)F)n2nc([C@@H]3CCN(Cc4ccccc4F)C3)cc2n1. The average Bonchev–Trinajstić information content (AvgIpc) is 3.21. The maximum atomic E-state index is 13.8. The molecule has 4 nitrogen and oxygen atoms in total. The van der Waals surface area contributed by atoms with Crippen LogP contribution in [-0.2, 0) is 12.7 Å². The van der Waals surface area contributed by atoms with Crippen LogP contribution in [0.3, 0.4) is 0 Å². The number of rotatable bonds is 3. The Kier molecular flexibility index (Phi) is 4.38. The maximum absolute atomic E-state index is 13.8. The molecule has 3 aromatic rings. The second-order valence-corrected chi connectivity index (χ2v) is 6.93. The molecule has 2 aromatic heterocycles. The second kappa shape index (κ2) is 6.60. The highest BCUT2D eigenvalue weighted by atomic mass is 19.4. The Balaban J connectivity index is 1.58. The summed E-state index contributed by atoms with van der Waals surface area (Å²) in [6.45, 7) is 3.37. The summed E-state index contributed by atoms with van der Waals surface area (Å²) in [6.07, 6.45) is -3.74. The molecule has 1 saturated heterocycles. The van der Waals surface area contributed by atoms with E-state index < -0.39 is 11.9 Å². The zero-order chi connectivity index (χ0) is 19.2. The molecule has 1 fully saturated rings.